The Balaban J connectivity index is 2.23. The van der Waals surface area contributed by atoms with E-state index >= 15 is 0 Å². The van der Waals surface area contributed by atoms with Crippen LogP contribution in [0.25, 0.3) is 5.82 Å². The van der Waals surface area contributed by atoms with Gasteiger partial charge in [0.1, 0.15) is 6.33 Å². The Kier molecular flexibility index (Phi) is 2.90. The number of aromatic nitrogens is 4. The van der Waals surface area contributed by atoms with E-state index in [9.17, 15) is 4.79 Å². The lowest BCUT2D eigenvalue weighted by Crippen LogP contribution is -2.03. The van der Waals surface area contributed by atoms with Crippen LogP contribution in [-0.4, -0.2) is 32.3 Å². The molecule has 0 radical (unpaired) electrons. The lowest BCUT2D eigenvalue weighted by Gasteiger charge is -1.98. The van der Waals surface area contributed by atoms with E-state index in [2.05, 4.69) is 15.1 Å². The molecule has 2 heterocycles. The van der Waals surface area contributed by atoms with Crippen LogP contribution in [-0.2, 0) is 4.74 Å². The van der Waals surface area contributed by atoms with Gasteiger partial charge in [0.15, 0.2) is 5.82 Å². The molecule has 0 unspecified atom stereocenters. The highest BCUT2D eigenvalue weighted by Crippen LogP contribution is 2.05. The van der Waals surface area contributed by atoms with Crippen LogP contribution in [0.5, 0.6) is 0 Å². The first-order chi connectivity index (χ1) is 7.81. The molecule has 0 fully saturated rings. The number of hydrogen-bond donors (Lipinski definition) is 0. The van der Waals surface area contributed by atoms with Crippen molar-refractivity contribution in [3.8, 4) is 5.82 Å². The van der Waals surface area contributed by atoms with E-state index in [0.29, 0.717) is 18.0 Å². The standard InChI is InChI=1S/C10H10N4O2/c1-2-16-10(15)8-5-13-14(6-8)9-3-4-11-7-12-9/h3-7H,2H2,1H3. The summed E-state index contributed by atoms with van der Waals surface area (Å²) in [5.41, 5.74) is 0.403. The van der Waals surface area contributed by atoms with Crippen molar-refractivity contribution in [3.63, 3.8) is 0 Å². The van der Waals surface area contributed by atoms with E-state index in [1.807, 2.05) is 0 Å². The molecule has 2 rings (SSSR count). The van der Waals surface area contributed by atoms with E-state index in [0.717, 1.165) is 0 Å². The van der Waals surface area contributed by atoms with Gasteiger partial charge in [-0.25, -0.2) is 19.4 Å². The van der Waals surface area contributed by atoms with Crippen LogP contribution < -0.4 is 0 Å². The number of hydrogen-bond acceptors (Lipinski definition) is 5. The van der Waals surface area contributed by atoms with Crippen LogP contribution in [0.1, 0.15) is 17.3 Å². The van der Waals surface area contributed by atoms with Gasteiger partial charge in [-0.3, -0.25) is 0 Å². The molecule has 6 nitrogen and oxygen atoms in total. The predicted molar refractivity (Wildman–Crippen MR) is 55.1 cm³/mol. The van der Waals surface area contributed by atoms with Crippen molar-refractivity contribution in [1.29, 1.82) is 0 Å². The van der Waals surface area contributed by atoms with Gasteiger partial charge in [-0.1, -0.05) is 0 Å². The molecule has 0 aliphatic carbocycles. The minimum atomic E-state index is -0.386. The molecule has 0 atom stereocenters. The van der Waals surface area contributed by atoms with Gasteiger partial charge in [-0.2, -0.15) is 5.10 Å². The Morgan fingerprint density at radius 2 is 2.44 bits per heavy atom. The Bertz CT molecular complexity index is 481. The quantitative estimate of drug-likeness (QED) is 0.714. The molecule has 0 saturated carbocycles. The maximum atomic E-state index is 11.4. The number of esters is 1. The van der Waals surface area contributed by atoms with Gasteiger partial charge in [0, 0.05) is 18.5 Å². The van der Waals surface area contributed by atoms with E-state index < -0.39 is 0 Å². The van der Waals surface area contributed by atoms with Gasteiger partial charge in [0.2, 0.25) is 0 Å². The Morgan fingerprint density at radius 3 is 3.12 bits per heavy atom. The van der Waals surface area contributed by atoms with Gasteiger partial charge in [-0.05, 0) is 6.92 Å². The van der Waals surface area contributed by atoms with E-state index in [1.54, 1.807) is 25.4 Å². The molecular formula is C10H10N4O2. The Hall–Kier alpha value is -2.24. The fourth-order valence-electron chi connectivity index (χ4n) is 1.19. The van der Waals surface area contributed by atoms with Crippen molar-refractivity contribution in [2.24, 2.45) is 0 Å². The lowest BCUT2D eigenvalue weighted by molar-refractivity contribution is 0.0526. The van der Waals surface area contributed by atoms with Crippen LogP contribution in [0.2, 0.25) is 0 Å². The summed E-state index contributed by atoms with van der Waals surface area (Å²) in [6.45, 7) is 2.10. The van der Waals surface area contributed by atoms with Gasteiger partial charge in [0.25, 0.3) is 0 Å². The summed E-state index contributed by atoms with van der Waals surface area (Å²) >= 11 is 0. The third-order valence-electron chi connectivity index (χ3n) is 1.89. The number of nitrogens with zero attached hydrogens (tertiary/aromatic N) is 4. The molecular weight excluding hydrogens is 208 g/mol. The second-order valence-electron chi connectivity index (χ2n) is 2.96. The molecule has 0 bridgehead atoms. The molecule has 6 heteroatoms. The largest absolute Gasteiger partial charge is 0.462 e. The predicted octanol–water partition coefficient (Wildman–Crippen LogP) is 0.839. The third kappa shape index (κ3) is 2.05. The highest BCUT2D eigenvalue weighted by atomic mass is 16.5. The number of carbonyl (C=O) groups excluding carboxylic acids is 1. The summed E-state index contributed by atoms with van der Waals surface area (Å²) in [6, 6.07) is 1.70. The lowest BCUT2D eigenvalue weighted by atomic mass is 10.4. The Morgan fingerprint density at radius 1 is 1.56 bits per heavy atom. The normalized spacial score (nSPS) is 10.1. The summed E-state index contributed by atoms with van der Waals surface area (Å²) < 4.78 is 6.35. The maximum absolute atomic E-state index is 11.4. The molecule has 0 aliphatic rings. The van der Waals surface area contributed by atoms with Crippen LogP contribution >= 0.6 is 0 Å². The second-order valence-corrected chi connectivity index (χ2v) is 2.96. The van der Waals surface area contributed by atoms with E-state index in [1.165, 1.54) is 17.2 Å². The molecule has 0 saturated heterocycles. The first kappa shape index (κ1) is 10.3. The topological polar surface area (TPSA) is 69.9 Å². The Labute approximate surface area is 91.9 Å². The van der Waals surface area contributed by atoms with Gasteiger partial charge in [-0.15, -0.1) is 0 Å². The molecule has 0 aromatic carbocycles. The molecule has 0 amide bonds. The van der Waals surface area contributed by atoms with Crippen LogP contribution in [0.15, 0.2) is 31.0 Å². The highest BCUT2D eigenvalue weighted by Gasteiger charge is 2.10. The first-order valence-corrected chi connectivity index (χ1v) is 4.79. The zero-order valence-electron chi connectivity index (χ0n) is 8.70. The number of carbonyl (C=O) groups is 1. The first-order valence-electron chi connectivity index (χ1n) is 4.79. The molecule has 0 N–H and O–H groups in total. The van der Waals surface area contributed by atoms with E-state index in [4.69, 9.17) is 4.74 Å². The van der Waals surface area contributed by atoms with Crippen molar-refractivity contribution in [1.82, 2.24) is 19.7 Å². The van der Waals surface area contributed by atoms with Crippen molar-refractivity contribution in [2.45, 2.75) is 6.92 Å². The van der Waals surface area contributed by atoms with Crippen LogP contribution in [0.3, 0.4) is 0 Å². The maximum Gasteiger partial charge on any atom is 0.341 e. The third-order valence-corrected chi connectivity index (χ3v) is 1.89. The summed E-state index contributed by atoms with van der Waals surface area (Å²) in [7, 11) is 0. The van der Waals surface area contributed by atoms with E-state index in [-0.39, 0.29) is 5.97 Å². The molecule has 0 aliphatic heterocycles. The van der Waals surface area contributed by atoms with Gasteiger partial charge in [0.05, 0.1) is 18.4 Å². The minimum Gasteiger partial charge on any atom is -0.462 e. The molecule has 16 heavy (non-hydrogen) atoms. The summed E-state index contributed by atoms with van der Waals surface area (Å²) in [5, 5.41) is 4.02. The number of ether oxygens (including phenoxy) is 1. The van der Waals surface area contributed by atoms with Gasteiger partial charge < -0.3 is 4.74 Å². The summed E-state index contributed by atoms with van der Waals surface area (Å²) in [6.07, 6.45) is 6.04. The van der Waals surface area contributed by atoms with Crippen molar-refractivity contribution in [3.05, 3.63) is 36.5 Å². The average Bonchev–Trinajstić information content (AvgIpc) is 2.80. The van der Waals surface area contributed by atoms with Crippen molar-refractivity contribution >= 4 is 5.97 Å². The smallest absolute Gasteiger partial charge is 0.341 e. The van der Waals surface area contributed by atoms with Crippen molar-refractivity contribution < 1.29 is 9.53 Å². The van der Waals surface area contributed by atoms with Crippen molar-refractivity contribution in [2.75, 3.05) is 6.61 Å². The molecule has 2 aromatic rings. The SMILES string of the molecule is CCOC(=O)c1cnn(-c2ccncn2)c1. The highest BCUT2D eigenvalue weighted by molar-refractivity contribution is 5.88. The molecule has 82 valence electrons. The zero-order valence-corrected chi connectivity index (χ0v) is 8.70. The number of rotatable bonds is 3. The molecule has 2 aromatic heterocycles. The van der Waals surface area contributed by atoms with Gasteiger partial charge >= 0.3 is 5.97 Å². The monoisotopic (exact) mass is 218 g/mol. The molecule has 0 spiro atoms. The fraction of sp³-hybridized carbons (Fsp3) is 0.200. The minimum absolute atomic E-state index is 0.345. The fourth-order valence-corrected chi connectivity index (χ4v) is 1.19. The second kappa shape index (κ2) is 4.52. The zero-order chi connectivity index (χ0) is 11.4. The van der Waals surface area contributed by atoms with Crippen LogP contribution in [0, 0.1) is 0 Å². The van der Waals surface area contributed by atoms with Crippen LogP contribution in [0.4, 0.5) is 0 Å². The summed E-state index contributed by atoms with van der Waals surface area (Å²) in [4.78, 5) is 19.2. The average molecular weight is 218 g/mol. The summed E-state index contributed by atoms with van der Waals surface area (Å²) in [5.74, 6) is 0.216.